The van der Waals surface area contributed by atoms with Gasteiger partial charge >= 0.3 is 0 Å². The third-order valence-electron chi connectivity index (χ3n) is 4.88. The summed E-state index contributed by atoms with van der Waals surface area (Å²) in [5.41, 5.74) is 1.66. The van der Waals surface area contributed by atoms with Gasteiger partial charge in [-0.05, 0) is 38.5 Å². The summed E-state index contributed by atoms with van der Waals surface area (Å²) in [4.78, 5) is 18.8. The molecule has 1 amide bonds. The number of hydrogen-bond donors (Lipinski definition) is 0. The van der Waals surface area contributed by atoms with Gasteiger partial charge in [-0.25, -0.2) is 0 Å². The molecule has 2 saturated heterocycles. The number of carbonyl (C=O) groups is 1. The van der Waals surface area contributed by atoms with Gasteiger partial charge in [0.05, 0.1) is 28.7 Å². The summed E-state index contributed by atoms with van der Waals surface area (Å²) in [5, 5.41) is 0. The Balaban J connectivity index is 1.30. The Morgan fingerprint density at radius 1 is 1.44 bits per heavy atom. The van der Waals surface area contributed by atoms with Crippen molar-refractivity contribution < 1.29 is 13.9 Å². The van der Waals surface area contributed by atoms with E-state index in [0.717, 1.165) is 36.7 Å². The Hall–Kier alpha value is -1.79. The van der Waals surface area contributed by atoms with Crippen LogP contribution in [0.15, 0.2) is 34.9 Å². The lowest BCUT2D eigenvalue weighted by Crippen LogP contribution is -2.60. The monoisotopic (exact) mass is 358 g/mol. The van der Waals surface area contributed by atoms with E-state index in [1.807, 2.05) is 54.8 Å². The lowest BCUT2D eigenvalue weighted by molar-refractivity contribution is 0.0244. The molecular formula is C19H22N2O3S. The average Bonchev–Trinajstić information content (AvgIpc) is 3.15. The molecule has 132 valence electrons. The van der Waals surface area contributed by atoms with Crippen LogP contribution in [-0.4, -0.2) is 45.5 Å². The van der Waals surface area contributed by atoms with E-state index in [4.69, 9.17) is 9.15 Å². The first kappa shape index (κ1) is 16.7. The van der Waals surface area contributed by atoms with Gasteiger partial charge < -0.3 is 14.1 Å². The summed E-state index contributed by atoms with van der Waals surface area (Å²) >= 11 is 1.94. The Bertz CT molecular complexity index is 768. The molecular weight excluding hydrogens is 336 g/mol. The third kappa shape index (κ3) is 3.33. The number of hydrogen-bond acceptors (Lipinski definition) is 5. The molecule has 4 heterocycles. The number of thioether (sulfide) groups is 1. The molecule has 2 fully saturated rings. The summed E-state index contributed by atoms with van der Waals surface area (Å²) in [6, 6.07) is 7.71. The number of aromatic nitrogens is 1. The van der Waals surface area contributed by atoms with Crippen LogP contribution in [-0.2, 0) is 11.3 Å². The van der Waals surface area contributed by atoms with Gasteiger partial charge in [0.1, 0.15) is 11.5 Å². The summed E-state index contributed by atoms with van der Waals surface area (Å²) in [5.74, 6) is 2.56. The van der Waals surface area contributed by atoms with Crippen molar-refractivity contribution in [1.29, 1.82) is 0 Å². The van der Waals surface area contributed by atoms with Crippen LogP contribution in [0, 0.1) is 13.8 Å². The standard InChI is InChI=1S/C19H22N2O3S/c1-13-7-17(14(2)24-13)18(22)21-11-19(12-21)8-16(10-25-19)23-9-15-5-3-4-6-20-15/h3-7,16H,8-12H2,1-2H3. The maximum absolute atomic E-state index is 12.6. The molecule has 1 spiro atoms. The van der Waals surface area contributed by atoms with E-state index in [9.17, 15) is 4.79 Å². The molecule has 0 aliphatic carbocycles. The molecule has 1 atom stereocenters. The van der Waals surface area contributed by atoms with Gasteiger partial charge in [0.25, 0.3) is 5.91 Å². The number of rotatable bonds is 4. The average molecular weight is 358 g/mol. The van der Waals surface area contributed by atoms with E-state index >= 15 is 0 Å². The minimum absolute atomic E-state index is 0.0819. The highest BCUT2D eigenvalue weighted by molar-refractivity contribution is 8.01. The predicted molar refractivity (Wildman–Crippen MR) is 96.7 cm³/mol. The summed E-state index contributed by atoms with van der Waals surface area (Å²) in [6.07, 6.45) is 3.03. The number of nitrogens with zero attached hydrogens (tertiary/aromatic N) is 2. The number of likely N-dealkylation sites (tertiary alicyclic amines) is 1. The number of furan rings is 1. The molecule has 2 aliphatic rings. The Kier molecular flexibility index (Phi) is 4.33. The van der Waals surface area contributed by atoms with Gasteiger partial charge in [-0.3, -0.25) is 9.78 Å². The van der Waals surface area contributed by atoms with Crippen molar-refractivity contribution in [3.05, 3.63) is 53.2 Å². The molecule has 2 aromatic rings. The first-order chi connectivity index (χ1) is 12.0. The highest BCUT2D eigenvalue weighted by Gasteiger charge is 2.51. The maximum atomic E-state index is 12.6. The SMILES string of the molecule is Cc1cc(C(=O)N2CC3(CC(OCc4ccccn4)CS3)C2)c(C)o1. The molecule has 1 unspecified atom stereocenters. The van der Waals surface area contributed by atoms with Crippen LogP contribution in [0.2, 0.25) is 0 Å². The van der Waals surface area contributed by atoms with Crippen LogP contribution in [0.25, 0.3) is 0 Å². The minimum Gasteiger partial charge on any atom is -0.466 e. The van der Waals surface area contributed by atoms with Gasteiger partial charge in [0.2, 0.25) is 0 Å². The summed E-state index contributed by atoms with van der Waals surface area (Å²) < 4.78 is 11.7. The van der Waals surface area contributed by atoms with E-state index in [-0.39, 0.29) is 16.8 Å². The fourth-order valence-corrected chi connectivity index (χ4v) is 5.17. The first-order valence-electron chi connectivity index (χ1n) is 8.56. The second-order valence-corrected chi connectivity index (χ2v) is 8.43. The molecule has 25 heavy (non-hydrogen) atoms. The Morgan fingerprint density at radius 2 is 2.28 bits per heavy atom. The Morgan fingerprint density at radius 3 is 2.96 bits per heavy atom. The molecule has 0 bridgehead atoms. The smallest absolute Gasteiger partial charge is 0.257 e. The van der Waals surface area contributed by atoms with Crippen molar-refractivity contribution in [2.75, 3.05) is 18.8 Å². The normalized spacial score (nSPS) is 21.5. The van der Waals surface area contributed by atoms with Crippen molar-refractivity contribution in [3.8, 4) is 0 Å². The zero-order valence-electron chi connectivity index (χ0n) is 14.5. The van der Waals surface area contributed by atoms with Gasteiger partial charge in [-0.2, -0.15) is 0 Å². The van der Waals surface area contributed by atoms with Gasteiger partial charge in [0, 0.05) is 25.0 Å². The lowest BCUT2D eigenvalue weighted by atomic mass is 9.92. The summed E-state index contributed by atoms with van der Waals surface area (Å²) in [6.45, 7) is 5.87. The number of ether oxygens (including phenoxy) is 1. The zero-order valence-corrected chi connectivity index (χ0v) is 15.3. The van der Waals surface area contributed by atoms with Crippen LogP contribution in [0.3, 0.4) is 0 Å². The fraction of sp³-hybridized carbons (Fsp3) is 0.474. The highest BCUT2D eigenvalue weighted by Crippen LogP contribution is 2.46. The van der Waals surface area contributed by atoms with Crippen LogP contribution < -0.4 is 0 Å². The largest absolute Gasteiger partial charge is 0.466 e. The van der Waals surface area contributed by atoms with Crippen molar-refractivity contribution in [2.45, 2.75) is 37.7 Å². The van der Waals surface area contributed by atoms with Crippen LogP contribution in [0.4, 0.5) is 0 Å². The fourth-order valence-electron chi connectivity index (χ4n) is 3.62. The van der Waals surface area contributed by atoms with Crippen LogP contribution >= 0.6 is 11.8 Å². The molecule has 0 aromatic carbocycles. The number of amides is 1. The minimum atomic E-state index is 0.0819. The third-order valence-corrected chi connectivity index (χ3v) is 6.46. The highest BCUT2D eigenvalue weighted by atomic mass is 32.2. The molecule has 4 rings (SSSR count). The number of carbonyl (C=O) groups excluding carboxylic acids is 1. The lowest BCUT2D eigenvalue weighted by Gasteiger charge is -2.47. The van der Waals surface area contributed by atoms with E-state index < -0.39 is 0 Å². The molecule has 0 saturated carbocycles. The first-order valence-corrected chi connectivity index (χ1v) is 9.55. The van der Waals surface area contributed by atoms with Crippen molar-refractivity contribution in [1.82, 2.24) is 9.88 Å². The van der Waals surface area contributed by atoms with Gasteiger partial charge in [-0.15, -0.1) is 11.8 Å². The molecule has 6 heteroatoms. The zero-order chi connectivity index (χ0) is 17.4. The molecule has 2 aliphatic heterocycles. The summed E-state index contributed by atoms with van der Waals surface area (Å²) in [7, 11) is 0. The Labute approximate surface area is 151 Å². The second kappa shape index (κ2) is 6.50. The van der Waals surface area contributed by atoms with Crippen molar-refractivity contribution in [3.63, 3.8) is 0 Å². The second-order valence-electron chi connectivity index (χ2n) is 6.94. The van der Waals surface area contributed by atoms with E-state index in [2.05, 4.69) is 4.98 Å². The van der Waals surface area contributed by atoms with Crippen LogP contribution in [0.1, 0.15) is 34.0 Å². The van der Waals surface area contributed by atoms with Crippen molar-refractivity contribution in [2.24, 2.45) is 0 Å². The van der Waals surface area contributed by atoms with Gasteiger partial charge in [-0.1, -0.05) is 6.07 Å². The molecule has 5 nitrogen and oxygen atoms in total. The van der Waals surface area contributed by atoms with Crippen molar-refractivity contribution >= 4 is 17.7 Å². The van der Waals surface area contributed by atoms with E-state index in [1.54, 1.807) is 6.20 Å². The van der Waals surface area contributed by atoms with E-state index in [0.29, 0.717) is 17.9 Å². The molecule has 0 N–H and O–H groups in total. The number of aryl methyl sites for hydroxylation is 2. The quantitative estimate of drug-likeness (QED) is 0.840. The molecule has 0 radical (unpaired) electrons. The topological polar surface area (TPSA) is 55.6 Å². The van der Waals surface area contributed by atoms with E-state index in [1.165, 1.54) is 0 Å². The maximum Gasteiger partial charge on any atom is 0.257 e. The van der Waals surface area contributed by atoms with Gasteiger partial charge in [0.15, 0.2) is 0 Å². The van der Waals surface area contributed by atoms with Crippen LogP contribution in [0.5, 0.6) is 0 Å². The number of pyridine rings is 1. The predicted octanol–water partition coefficient (Wildman–Crippen LogP) is 3.21. The molecule has 2 aromatic heterocycles.